The summed E-state index contributed by atoms with van der Waals surface area (Å²) in [4.78, 5) is 4.36. The molecule has 2 saturated heterocycles. The van der Waals surface area contributed by atoms with E-state index < -0.39 is 0 Å². The summed E-state index contributed by atoms with van der Waals surface area (Å²) >= 11 is 0. The zero-order valence-corrected chi connectivity index (χ0v) is 11.2. The van der Waals surface area contributed by atoms with Gasteiger partial charge in [-0.15, -0.1) is 0 Å². The third kappa shape index (κ3) is 1.89. The molecule has 0 aromatic carbocycles. The average molecular weight is 257 g/mol. The van der Waals surface area contributed by atoms with E-state index in [2.05, 4.69) is 26.2 Å². The van der Waals surface area contributed by atoms with E-state index in [1.165, 1.54) is 31.4 Å². The predicted molar refractivity (Wildman–Crippen MR) is 72.6 cm³/mol. The Hall–Kier alpha value is -1.62. The van der Waals surface area contributed by atoms with Crippen molar-refractivity contribution >= 4 is 0 Å². The molecule has 4 heterocycles. The minimum Gasteiger partial charge on any atom is -0.327 e. The molecule has 0 aliphatic carbocycles. The number of fused-ring (bicyclic) bond motifs is 2. The molecule has 5 nitrogen and oxygen atoms in total. The minimum absolute atomic E-state index is 0.580. The fraction of sp³-hybridized carbons (Fsp3) is 0.571. The number of nitrogens with zero attached hydrogens (tertiary/aromatic N) is 4. The Labute approximate surface area is 112 Å². The molecule has 1 N–H and O–H groups in total. The van der Waals surface area contributed by atoms with Crippen molar-refractivity contribution in [2.75, 3.05) is 0 Å². The Morgan fingerprint density at radius 1 is 1.21 bits per heavy atom. The summed E-state index contributed by atoms with van der Waals surface area (Å²) in [6.07, 6.45) is 13.0. The van der Waals surface area contributed by atoms with Crippen LogP contribution in [0.3, 0.4) is 0 Å². The van der Waals surface area contributed by atoms with Gasteiger partial charge < -0.3 is 9.88 Å². The highest BCUT2D eigenvalue weighted by atomic mass is 15.2. The van der Waals surface area contributed by atoms with Gasteiger partial charge >= 0.3 is 0 Å². The summed E-state index contributed by atoms with van der Waals surface area (Å²) in [7, 11) is 1.95. The van der Waals surface area contributed by atoms with Gasteiger partial charge in [0.25, 0.3) is 0 Å². The first-order valence-corrected chi connectivity index (χ1v) is 7.06. The van der Waals surface area contributed by atoms with Crippen molar-refractivity contribution in [3.05, 3.63) is 24.9 Å². The quantitative estimate of drug-likeness (QED) is 0.891. The Balaban J connectivity index is 1.67. The van der Waals surface area contributed by atoms with E-state index in [1.807, 2.05) is 30.5 Å². The van der Waals surface area contributed by atoms with Crippen molar-refractivity contribution in [3.63, 3.8) is 0 Å². The van der Waals surface area contributed by atoms with Crippen LogP contribution in [0, 0.1) is 0 Å². The maximum Gasteiger partial charge on any atom is 0.0953 e. The van der Waals surface area contributed by atoms with Crippen molar-refractivity contribution in [3.8, 4) is 11.3 Å². The van der Waals surface area contributed by atoms with Gasteiger partial charge in [-0.1, -0.05) is 0 Å². The van der Waals surface area contributed by atoms with Crippen LogP contribution in [-0.4, -0.2) is 31.4 Å². The molecule has 0 spiro atoms. The van der Waals surface area contributed by atoms with Crippen LogP contribution in [0.15, 0.2) is 24.9 Å². The third-order valence-electron chi connectivity index (χ3n) is 4.51. The van der Waals surface area contributed by atoms with Crippen LogP contribution in [0.25, 0.3) is 11.3 Å². The van der Waals surface area contributed by atoms with E-state index in [4.69, 9.17) is 0 Å². The van der Waals surface area contributed by atoms with E-state index in [9.17, 15) is 0 Å². The van der Waals surface area contributed by atoms with Gasteiger partial charge in [0.05, 0.1) is 24.4 Å². The number of hydrogen-bond acceptors (Lipinski definition) is 3. The lowest BCUT2D eigenvalue weighted by Gasteiger charge is -2.30. The molecule has 2 bridgehead atoms. The molecule has 0 radical (unpaired) electrons. The van der Waals surface area contributed by atoms with Gasteiger partial charge in [0.2, 0.25) is 0 Å². The Bertz CT molecular complexity index is 572. The standard InChI is InChI=1S/C14H19N5/c1-18-8-10(6-16-18)14-7-15-9-19(14)13-4-11-2-3-12(5-13)17-11/h6-9,11-13,17H,2-5H2,1H3. The molecule has 2 unspecified atom stereocenters. The zero-order valence-electron chi connectivity index (χ0n) is 11.2. The normalized spacial score (nSPS) is 29.8. The van der Waals surface area contributed by atoms with Crippen molar-refractivity contribution in [2.45, 2.75) is 43.8 Å². The number of rotatable bonds is 2. The van der Waals surface area contributed by atoms with Crippen LogP contribution < -0.4 is 5.32 Å². The highest BCUT2D eigenvalue weighted by Gasteiger charge is 2.34. The highest BCUT2D eigenvalue weighted by molar-refractivity contribution is 5.56. The van der Waals surface area contributed by atoms with Crippen molar-refractivity contribution in [2.24, 2.45) is 7.05 Å². The number of piperidine rings is 1. The molecule has 2 fully saturated rings. The van der Waals surface area contributed by atoms with E-state index >= 15 is 0 Å². The lowest BCUT2D eigenvalue weighted by atomic mass is 9.99. The summed E-state index contributed by atoms with van der Waals surface area (Å²) in [5.41, 5.74) is 2.35. The molecule has 4 rings (SSSR count). The summed E-state index contributed by atoms with van der Waals surface area (Å²) in [6.45, 7) is 0. The van der Waals surface area contributed by atoms with Crippen LogP contribution in [0.4, 0.5) is 0 Å². The SMILES string of the molecule is Cn1cc(-c2cncn2C2CC3CCC(C2)N3)cn1. The van der Waals surface area contributed by atoms with Crippen LogP contribution >= 0.6 is 0 Å². The number of hydrogen-bond donors (Lipinski definition) is 1. The zero-order chi connectivity index (χ0) is 12.8. The molecule has 2 aromatic heterocycles. The molecular weight excluding hydrogens is 238 g/mol. The van der Waals surface area contributed by atoms with Gasteiger partial charge in [-0.25, -0.2) is 4.98 Å². The molecule has 100 valence electrons. The second kappa shape index (κ2) is 4.20. The molecule has 2 atom stereocenters. The summed E-state index contributed by atoms with van der Waals surface area (Å²) in [5, 5.41) is 7.96. The molecule has 2 aliphatic heterocycles. The van der Waals surface area contributed by atoms with E-state index in [0.29, 0.717) is 18.1 Å². The van der Waals surface area contributed by atoms with E-state index in [1.54, 1.807) is 0 Å². The van der Waals surface area contributed by atoms with Gasteiger partial charge in [-0.3, -0.25) is 4.68 Å². The topological polar surface area (TPSA) is 47.7 Å². The lowest BCUT2D eigenvalue weighted by molar-refractivity contribution is 0.300. The van der Waals surface area contributed by atoms with Crippen LogP contribution in [-0.2, 0) is 7.05 Å². The van der Waals surface area contributed by atoms with Gasteiger partial charge in [0, 0.05) is 36.9 Å². The Morgan fingerprint density at radius 2 is 2.00 bits per heavy atom. The molecule has 5 heteroatoms. The Morgan fingerprint density at radius 3 is 2.68 bits per heavy atom. The molecule has 19 heavy (non-hydrogen) atoms. The monoisotopic (exact) mass is 257 g/mol. The fourth-order valence-corrected chi connectivity index (χ4v) is 3.63. The third-order valence-corrected chi connectivity index (χ3v) is 4.51. The molecule has 0 saturated carbocycles. The van der Waals surface area contributed by atoms with Gasteiger partial charge in [-0.05, 0) is 25.7 Å². The predicted octanol–water partition coefficient (Wildman–Crippen LogP) is 1.74. The molecule has 0 amide bonds. The van der Waals surface area contributed by atoms with Gasteiger partial charge in [0.15, 0.2) is 0 Å². The smallest absolute Gasteiger partial charge is 0.0953 e. The fourth-order valence-electron chi connectivity index (χ4n) is 3.63. The maximum absolute atomic E-state index is 4.36. The largest absolute Gasteiger partial charge is 0.327 e. The van der Waals surface area contributed by atoms with Crippen molar-refractivity contribution < 1.29 is 0 Å². The summed E-state index contributed by atoms with van der Waals surface area (Å²) in [5.74, 6) is 0. The van der Waals surface area contributed by atoms with E-state index in [-0.39, 0.29) is 0 Å². The van der Waals surface area contributed by atoms with Crippen LogP contribution in [0.5, 0.6) is 0 Å². The maximum atomic E-state index is 4.36. The number of imidazole rings is 1. The molecular formula is C14H19N5. The van der Waals surface area contributed by atoms with Crippen LogP contribution in [0.2, 0.25) is 0 Å². The van der Waals surface area contributed by atoms with E-state index in [0.717, 1.165) is 5.56 Å². The first kappa shape index (κ1) is 11.2. The summed E-state index contributed by atoms with van der Waals surface area (Å²) in [6, 6.07) is 1.98. The molecule has 2 aromatic rings. The van der Waals surface area contributed by atoms with Gasteiger partial charge in [0.1, 0.15) is 0 Å². The first-order valence-electron chi connectivity index (χ1n) is 7.06. The molecule has 2 aliphatic rings. The second-order valence-corrected chi connectivity index (χ2v) is 5.85. The highest BCUT2D eigenvalue weighted by Crippen LogP contribution is 2.36. The van der Waals surface area contributed by atoms with Crippen molar-refractivity contribution in [1.82, 2.24) is 24.6 Å². The average Bonchev–Trinajstić information content (AvgIpc) is 3.09. The summed E-state index contributed by atoms with van der Waals surface area (Å²) < 4.78 is 4.20. The number of aryl methyl sites for hydroxylation is 1. The first-order chi connectivity index (χ1) is 9.29. The minimum atomic E-state index is 0.580. The second-order valence-electron chi connectivity index (χ2n) is 5.85. The van der Waals surface area contributed by atoms with Gasteiger partial charge in [-0.2, -0.15) is 5.10 Å². The number of aromatic nitrogens is 4. The van der Waals surface area contributed by atoms with Crippen LogP contribution in [0.1, 0.15) is 31.7 Å². The Kier molecular flexibility index (Phi) is 2.48. The lowest BCUT2D eigenvalue weighted by Crippen LogP contribution is -2.38. The van der Waals surface area contributed by atoms with Crippen molar-refractivity contribution in [1.29, 1.82) is 0 Å². The number of nitrogens with one attached hydrogen (secondary N) is 1.